The fraction of sp³-hybridized carbons (Fsp3) is 0.176. The van der Waals surface area contributed by atoms with Crippen molar-refractivity contribution in [2.24, 2.45) is 0 Å². The summed E-state index contributed by atoms with van der Waals surface area (Å²) in [4.78, 5) is 27.3. The summed E-state index contributed by atoms with van der Waals surface area (Å²) in [6.45, 7) is 1.98. The summed E-state index contributed by atoms with van der Waals surface area (Å²) in [6.07, 6.45) is 0.574. The number of carbonyl (C=O) groups is 2. The lowest BCUT2D eigenvalue weighted by Crippen LogP contribution is -2.41. The van der Waals surface area contributed by atoms with Gasteiger partial charge in [-0.1, -0.05) is 23.7 Å². The Morgan fingerprint density at radius 1 is 1.15 bits per heavy atom. The van der Waals surface area contributed by atoms with E-state index in [0.29, 0.717) is 18.7 Å². The highest BCUT2D eigenvalue weighted by Gasteiger charge is 2.25. The minimum atomic E-state index is -3.96. The van der Waals surface area contributed by atoms with Crippen LogP contribution in [-0.2, 0) is 21.2 Å². The maximum Gasteiger partial charge on any atom is 0.267 e. The first-order valence-corrected chi connectivity index (χ1v) is 9.63. The molecule has 0 spiro atoms. The van der Waals surface area contributed by atoms with Crippen LogP contribution < -0.4 is 15.2 Å². The molecule has 26 heavy (non-hydrogen) atoms. The quantitative estimate of drug-likeness (QED) is 0.775. The van der Waals surface area contributed by atoms with E-state index in [1.165, 1.54) is 31.2 Å². The third-order valence-corrected chi connectivity index (χ3v) is 5.63. The summed E-state index contributed by atoms with van der Waals surface area (Å²) in [5.41, 5.74) is 3.77. The molecule has 2 N–H and O–H groups in total. The number of nitrogens with zero attached hydrogens (tertiary/aromatic N) is 1. The molecule has 0 bridgehead atoms. The number of anilines is 1. The zero-order valence-corrected chi connectivity index (χ0v) is 15.4. The van der Waals surface area contributed by atoms with Crippen molar-refractivity contribution in [3.8, 4) is 0 Å². The van der Waals surface area contributed by atoms with Gasteiger partial charge in [0, 0.05) is 19.2 Å². The predicted octanol–water partition coefficient (Wildman–Crippen LogP) is 1.87. The molecule has 136 valence electrons. The molecule has 3 rings (SSSR count). The summed E-state index contributed by atoms with van der Waals surface area (Å²) in [6, 6.07) is 10.8. The van der Waals surface area contributed by atoms with E-state index in [-0.39, 0.29) is 21.4 Å². The molecule has 2 amide bonds. The third-order valence-electron chi connectivity index (χ3n) is 4.05. The molecule has 2 aromatic carbocycles. The molecule has 1 aliphatic heterocycles. The molecular formula is C17H16ClN3O4S. The molecule has 2 aromatic rings. The van der Waals surface area contributed by atoms with Crippen LogP contribution >= 0.6 is 11.6 Å². The molecule has 0 saturated carbocycles. The Labute approximate surface area is 156 Å². The Bertz CT molecular complexity index is 991. The van der Waals surface area contributed by atoms with E-state index >= 15 is 0 Å². The lowest BCUT2D eigenvalue weighted by molar-refractivity contribution is -0.116. The Morgan fingerprint density at radius 2 is 1.88 bits per heavy atom. The molecule has 0 saturated heterocycles. The van der Waals surface area contributed by atoms with Gasteiger partial charge >= 0.3 is 0 Å². The van der Waals surface area contributed by atoms with Gasteiger partial charge in [0.15, 0.2) is 0 Å². The van der Waals surface area contributed by atoms with Crippen LogP contribution in [0.4, 0.5) is 5.69 Å². The normalized spacial score (nSPS) is 13.4. The number of hydrogen-bond donors (Lipinski definition) is 2. The van der Waals surface area contributed by atoms with E-state index < -0.39 is 15.9 Å². The number of rotatable bonds is 4. The highest BCUT2D eigenvalue weighted by molar-refractivity contribution is 7.89. The molecular weight excluding hydrogens is 378 g/mol. The fourth-order valence-corrected chi connectivity index (χ4v) is 3.87. The van der Waals surface area contributed by atoms with Crippen LogP contribution in [0, 0.1) is 0 Å². The second-order valence-electron chi connectivity index (χ2n) is 5.75. The minimum Gasteiger partial charge on any atom is -0.312 e. The Kier molecular flexibility index (Phi) is 4.99. The van der Waals surface area contributed by atoms with E-state index in [9.17, 15) is 18.0 Å². The second kappa shape index (κ2) is 7.06. The number of hydrogen-bond acceptors (Lipinski definition) is 4. The highest BCUT2D eigenvalue weighted by Crippen LogP contribution is 2.30. The van der Waals surface area contributed by atoms with Gasteiger partial charge in [0.25, 0.3) is 15.9 Å². The van der Waals surface area contributed by atoms with Crippen LogP contribution in [0.1, 0.15) is 22.8 Å². The van der Waals surface area contributed by atoms with Crippen molar-refractivity contribution in [1.82, 2.24) is 10.3 Å². The number of halogens is 1. The second-order valence-corrected chi connectivity index (χ2v) is 7.84. The van der Waals surface area contributed by atoms with Crippen molar-refractivity contribution >= 4 is 39.1 Å². The van der Waals surface area contributed by atoms with E-state index in [4.69, 9.17) is 11.6 Å². The molecule has 9 heteroatoms. The fourth-order valence-electron chi connectivity index (χ4n) is 2.76. The predicted molar refractivity (Wildman–Crippen MR) is 97.4 cm³/mol. The van der Waals surface area contributed by atoms with Gasteiger partial charge in [-0.3, -0.25) is 15.0 Å². The maximum absolute atomic E-state index is 12.4. The molecule has 1 heterocycles. The topological polar surface area (TPSA) is 95.6 Å². The van der Waals surface area contributed by atoms with Crippen LogP contribution in [-0.4, -0.2) is 26.8 Å². The lowest BCUT2D eigenvalue weighted by atomic mass is 10.2. The summed E-state index contributed by atoms with van der Waals surface area (Å²) in [7, 11) is -3.96. The van der Waals surface area contributed by atoms with Crippen LogP contribution in [0.5, 0.6) is 0 Å². The van der Waals surface area contributed by atoms with Gasteiger partial charge in [-0.2, -0.15) is 0 Å². The van der Waals surface area contributed by atoms with Crippen molar-refractivity contribution in [3.63, 3.8) is 0 Å². The Morgan fingerprint density at radius 3 is 2.58 bits per heavy atom. The number of sulfonamides is 1. The molecule has 7 nitrogen and oxygen atoms in total. The van der Waals surface area contributed by atoms with E-state index in [2.05, 4.69) is 10.3 Å². The van der Waals surface area contributed by atoms with Gasteiger partial charge < -0.3 is 4.90 Å². The van der Waals surface area contributed by atoms with Gasteiger partial charge in [0.2, 0.25) is 5.91 Å². The van der Waals surface area contributed by atoms with Crippen molar-refractivity contribution in [1.29, 1.82) is 0 Å². The molecule has 0 fully saturated rings. The van der Waals surface area contributed by atoms with Crippen LogP contribution in [0.25, 0.3) is 0 Å². The van der Waals surface area contributed by atoms with E-state index in [1.54, 1.807) is 23.1 Å². The molecule has 1 aliphatic rings. The number of carbonyl (C=O) groups excluding carboxylic acids is 2. The van der Waals surface area contributed by atoms with Crippen LogP contribution in [0.3, 0.4) is 0 Å². The van der Waals surface area contributed by atoms with Crippen molar-refractivity contribution in [3.05, 3.63) is 58.6 Å². The third kappa shape index (κ3) is 3.57. The lowest BCUT2D eigenvalue weighted by Gasteiger charge is -2.15. The average Bonchev–Trinajstić information content (AvgIpc) is 3.03. The van der Waals surface area contributed by atoms with Crippen molar-refractivity contribution < 1.29 is 18.0 Å². The summed E-state index contributed by atoms with van der Waals surface area (Å²) >= 11 is 5.92. The van der Waals surface area contributed by atoms with E-state index in [1.807, 2.05) is 0 Å². The standard InChI is InChI=1S/C17H16ClN3O4S/c1-11(22)21-9-8-12-10-13(6-7-16(12)21)26(24,25)20-19-17(23)14-4-2-3-5-15(14)18/h2-7,10,20H,8-9H2,1H3,(H,19,23). The SMILES string of the molecule is CC(=O)N1CCc2cc(S(=O)(=O)NNC(=O)c3ccccc3Cl)ccc21. The monoisotopic (exact) mass is 393 g/mol. The van der Waals surface area contributed by atoms with Crippen molar-refractivity contribution in [2.75, 3.05) is 11.4 Å². The van der Waals surface area contributed by atoms with Gasteiger partial charge in [0.1, 0.15) is 0 Å². The number of benzene rings is 2. The molecule has 0 radical (unpaired) electrons. The van der Waals surface area contributed by atoms with Gasteiger partial charge in [-0.15, -0.1) is 4.83 Å². The first kappa shape index (κ1) is 18.4. The number of amides is 2. The van der Waals surface area contributed by atoms with E-state index in [0.717, 1.165) is 5.56 Å². The van der Waals surface area contributed by atoms with Gasteiger partial charge in [-0.05, 0) is 42.3 Å². The minimum absolute atomic E-state index is 0.00103. The first-order valence-electron chi connectivity index (χ1n) is 7.77. The van der Waals surface area contributed by atoms with Crippen molar-refractivity contribution in [2.45, 2.75) is 18.2 Å². The summed E-state index contributed by atoms with van der Waals surface area (Å²) < 4.78 is 24.9. The average molecular weight is 394 g/mol. The summed E-state index contributed by atoms with van der Waals surface area (Å²) in [5.74, 6) is -0.757. The van der Waals surface area contributed by atoms with Gasteiger partial charge in [0.05, 0.1) is 15.5 Å². The maximum atomic E-state index is 12.4. The van der Waals surface area contributed by atoms with Crippen LogP contribution in [0.15, 0.2) is 47.4 Å². The zero-order chi connectivity index (χ0) is 18.9. The Hall–Kier alpha value is -2.42. The largest absolute Gasteiger partial charge is 0.312 e. The smallest absolute Gasteiger partial charge is 0.267 e. The number of nitrogens with one attached hydrogen (secondary N) is 2. The zero-order valence-electron chi connectivity index (χ0n) is 13.8. The Balaban J connectivity index is 1.76. The molecule has 0 unspecified atom stereocenters. The van der Waals surface area contributed by atoms with Crippen LogP contribution in [0.2, 0.25) is 5.02 Å². The first-order chi connectivity index (χ1) is 12.3. The highest BCUT2D eigenvalue weighted by atomic mass is 35.5. The molecule has 0 atom stereocenters. The molecule has 0 aromatic heterocycles. The molecule has 0 aliphatic carbocycles. The summed E-state index contributed by atoms with van der Waals surface area (Å²) in [5, 5.41) is 0.214. The number of fused-ring (bicyclic) bond motifs is 1. The number of hydrazine groups is 1. The van der Waals surface area contributed by atoms with Gasteiger partial charge in [-0.25, -0.2) is 8.42 Å².